The monoisotopic (exact) mass is 276 g/mol. The van der Waals surface area contributed by atoms with E-state index in [9.17, 15) is 9.59 Å². The Morgan fingerprint density at radius 2 is 2.00 bits per heavy atom. The molecule has 0 aromatic heterocycles. The maximum absolute atomic E-state index is 12.2. The number of nitrogens with one attached hydrogen (secondary N) is 1. The largest absolute Gasteiger partial charge is 0.345 e. The Labute approximate surface area is 116 Å². The normalized spacial score (nSPS) is 27.5. The molecule has 19 heavy (non-hydrogen) atoms. The molecule has 0 radical (unpaired) electrons. The molecular formula is C14H16N2O2S. The van der Waals surface area contributed by atoms with Crippen molar-refractivity contribution in [1.29, 1.82) is 0 Å². The zero-order valence-electron chi connectivity index (χ0n) is 10.5. The molecule has 1 N–H and O–H groups in total. The summed E-state index contributed by atoms with van der Waals surface area (Å²) in [6.07, 6.45) is 0.979. The standard InChI is InChI=1S/C14H16N2O2S/c17-12-8-15-14(18)13(10-4-2-1-3-5-10)16(12)11-6-7-19-9-11/h1-5,11,13H,6-9H2,(H,15,18). The number of carbonyl (C=O) groups excluding carboxylic acids is 2. The molecule has 0 aliphatic carbocycles. The fourth-order valence-electron chi connectivity index (χ4n) is 2.72. The van der Waals surface area contributed by atoms with E-state index in [0.29, 0.717) is 0 Å². The number of carbonyl (C=O) groups is 2. The van der Waals surface area contributed by atoms with E-state index in [1.54, 1.807) is 4.90 Å². The van der Waals surface area contributed by atoms with Crippen molar-refractivity contribution >= 4 is 23.6 Å². The van der Waals surface area contributed by atoms with Crippen LogP contribution in [0.3, 0.4) is 0 Å². The SMILES string of the molecule is O=C1NCC(=O)N(C2CCSC2)C1c1ccccc1. The molecule has 5 heteroatoms. The molecule has 4 nitrogen and oxygen atoms in total. The average molecular weight is 276 g/mol. The molecule has 2 fully saturated rings. The second-order valence-electron chi connectivity index (χ2n) is 4.85. The fourth-order valence-corrected chi connectivity index (χ4v) is 3.93. The number of nitrogens with zero attached hydrogens (tertiary/aromatic N) is 1. The van der Waals surface area contributed by atoms with E-state index in [2.05, 4.69) is 5.32 Å². The van der Waals surface area contributed by atoms with Gasteiger partial charge in [-0.05, 0) is 17.7 Å². The molecule has 2 atom stereocenters. The van der Waals surface area contributed by atoms with Crippen molar-refractivity contribution < 1.29 is 9.59 Å². The lowest BCUT2D eigenvalue weighted by Gasteiger charge is -2.39. The molecule has 2 unspecified atom stereocenters. The van der Waals surface area contributed by atoms with E-state index in [4.69, 9.17) is 0 Å². The maximum atomic E-state index is 12.2. The number of thioether (sulfide) groups is 1. The van der Waals surface area contributed by atoms with Gasteiger partial charge >= 0.3 is 0 Å². The van der Waals surface area contributed by atoms with E-state index in [0.717, 1.165) is 23.5 Å². The quantitative estimate of drug-likeness (QED) is 0.883. The van der Waals surface area contributed by atoms with Crippen molar-refractivity contribution in [2.45, 2.75) is 18.5 Å². The van der Waals surface area contributed by atoms with Crippen LogP contribution >= 0.6 is 11.8 Å². The highest BCUT2D eigenvalue weighted by atomic mass is 32.2. The molecule has 2 heterocycles. The summed E-state index contributed by atoms with van der Waals surface area (Å²) in [5, 5.41) is 2.70. The molecule has 3 rings (SSSR count). The van der Waals surface area contributed by atoms with Crippen molar-refractivity contribution in [1.82, 2.24) is 10.2 Å². The number of piperazine rings is 1. The molecule has 2 saturated heterocycles. The van der Waals surface area contributed by atoms with Gasteiger partial charge in [-0.2, -0.15) is 11.8 Å². The smallest absolute Gasteiger partial charge is 0.247 e. The topological polar surface area (TPSA) is 49.4 Å². The van der Waals surface area contributed by atoms with Crippen LogP contribution in [0.15, 0.2) is 30.3 Å². The van der Waals surface area contributed by atoms with Crippen LogP contribution in [-0.2, 0) is 9.59 Å². The van der Waals surface area contributed by atoms with Gasteiger partial charge in [-0.1, -0.05) is 30.3 Å². The van der Waals surface area contributed by atoms with Crippen LogP contribution in [0.2, 0.25) is 0 Å². The lowest BCUT2D eigenvalue weighted by atomic mass is 9.99. The van der Waals surface area contributed by atoms with Gasteiger partial charge in [0.05, 0.1) is 6.54 Å². The summed E-state index contributed by atoms with van der Waals surface area (Å²) in [6, 6.07) is 9.28. The summed E-state index contributed by atoms with van der Waals surface area (Å²) in [6.45, 7) is 0.128. The van der Waals surface area contributed by atoms with E-state index in [1.165, 1.54) is 0 Å². The molecule has 0 saturated carbocycles. The van der Waals surface area contributed by atoms with Crippen LogP contribution in [-0.4, -0.2) is 40.8 Å². The minimum Gasteiger partial charge on any atom is -0.345 e. The molecule has 2 aliphatic heterocycles. The molecule has 1 aromatic rings. The average Bonchev–Trinajstić information content (AvgIpc) is 2.96. The van der Waals surface area contributed by atoms with Gasteiger partial charge in [0.25, 0.3) is 0 Å². The van der Waals surface area contributed by atoms with Gasteiger partial charge in [-0.3, -0.25) is 9.59 Å². The van der Waals surface area contributed by atoms with E-state index < -0.39 is 6.04 Å². The maximum Gasteiger partial charge on any atom is 0.247 e. The Balaban J connectivity index is 1.95. The zero-order valence-corrected chi connectivity index (χ0v) is 11.4. The third kappa shape index (κ3) is 2.34. The van der Waals surface area contributed by atoms with Crippen molar-refractivity contribution in [3.05, 3.63) is 35.9 Å². The first kappa shape index (κ1) is 12.5. The Morgan fingerprint density at radius 1 is 1.21 bits per heavy atom. The Kier molecular flexibility index (Phi) is 3.46. The first-order chi connectivity index (χ1) is 9.27. The van der Waals surface area contributed by atoms with Crippen LogP contribution in [0, 0.1) is 0 Å². The van der Waals surface area contributed by atoms with Gasteiger partial charge in [-0.15, -0.1) is 0 Å². The van der Waals surface area contributed by atoms with Crippen LogP contribution < -0.4 is 5.32 Å². The van der Waals surface area contributed by atoms with E-state index in [-0.39, 0.29) is 24.4 Å². The minimum atomic E-state index is -0.467. The second-order valence-corrected chi connectivity index (χ2v) is 6.00. The van der Waals surface area contributed by atoms with Gasteiger partial charge in [0.15, 0.2) is 0 Å². The van der Waals surface area contributed by atoms with Crippen molar-refractivity contribution in [3.8, 4) is 0 Å². The first-order valence-corrected chi connectivity index (χ1v) is 7.64. The third-order valence-electron chi connectivity index (χ3n) is 3.64. The number of amides is 2. The van der Waals surface area contributed by atoms with Crippen molar-refractivity contribution in [2.75, 3.05) is 18.1 Å². The van der Waals surface area contributed by atoms with E-state index in [1.807, 2.05) is 42.1 Å². The highest BCUT2D eigenvalue weighted by Crippen LogP contribution is 2.31. The number of hydrogen-bond donors (Lipinski definition) is 1. The van der Waals surface area contributed by atoms with E-state index >= 15 is 0 Å². The Morgan fingerprint density at radius 3 is 2.68 bits per heavy atom. The molecular weight excluding hydrogens is 260 g/mol. The summed E-state index contributed by atoms with van der Waals surface area (Å²) in [5.74, 6) is 1.96. The van der Waals surface area contributed by atoms with Gasteiger partial charge in [0, 0.05) is 11.8 Å². The molecule has 100 valence electrons. The van der Waals surface area contributed by atoms with Crippen molar-refractivity contribution in [3.63, 3.8) is 0 Å². The third-order valence-corrected chi connectivity index (χ3v) is 4.79. The summed E-state index contributed by atoms with van der Waals surface area (Å²) < 4.78 is 0. The molecule has 2 aliphatic rings. The highest BCUT2D eigenvalue weighted by molar-refractivity contribution is 7.99. The lowest BCUT2D eigenvalue weighted by Crippen LogP contribution is -2.57. The molecule has 0 spiro atoms. The fraction of sp³-hybridized carbons (Fsp3) is 0.429. The Hall–Kier alpha value is -1.49. The van der Waals surface area contributed by atoms with Crippen LogP contribution in [0.4, 0.5) is 0 Å². The summed E-state index contributed by atoms with van der Waals surface area (Å²) >= 11 is 1.85. The summed E-state index contributed by atoms with van der Waals surface area (Å²) in [5.41, 5.74) is 0.893. The highest BCUT2D eigenvalue weighted by Gasteiger charge is 2.40. The zero-order chi connectivity index (χ0) is 13.2. The minimum absolute atomic E-state index is 0.0287. The van der Waals surface area contributed by atoms with Gasteiger partial charge in [0.1, 0.15) is 6.04 Å². The summed E-state index contributed by atoms with van der Waals surface area (Å²) in [7, 11) is 0. The number of benzene rings is 1. The summed E-state index contributed by atoms with van der Waals surface area (Å²) in [4.78, 5) is 26.2. The van der Waals surface area contributed by atoms with Gasteiger partial charge < -0.3 is 10.2 Å². The first-order valence-electron chi connectivity index (χ1n) is 6.49. The predicted octanol–water partition coefficient (Wildman–Crippen LogP) is 1.19. The number of rotatable bonds is 2. The second kappa shape index (κ2) is 5.25. The Bertz CT molecular complexity index is 485. The van der Waals surface area contributed by atoms with Gasteiger partial charge in [0.2, 0.25) is 11.8 Å². The molecule has 1 aromatic carbocycles. The lowest BCUT2D eigenvalue weighted by molar-refractivity contribution is -0.148. The molecule has 2 amide bonds. The van der Waals surface area contributed by atoms with Crippen molar-refractivity contribution in [2.24, 2.45) is 0 Å². The van der Waals surface area contributed by atoms with Gasteiger partial charge in [-0.25, -0.2) is 0 Å². The molecule has 0 bridgehead atoms. The van der Waals surface area contributed by atoms with Crippen LogP contribution in [0.25, 0.3) is 0 Å². The number of hydrogen-bond acceptors (Lipinski definition) is 3. The predicted molar refractivity (Wildman–Crippen MR) is 74.8 cm³/mol. The van der Waals surface area contributed by atoms with Crippen LogP contribution in [0.1, 0.15) is 18.0 Å². The van der Waals surface area contributed by atoms with Crippen LogP contribution in [0.5, 0.6) is 0 Å².